The molecule has 1 aliphatic rings. The summed E-state index contributed by atoms with van der Waals surface area (Å²) in [6.45, 7) is 8.85. The zero-order chi connectivity index (χ0) is 13.6. The third-order valence-corrected chi connectivity index (χ3v) is 3.82. The van der Waals surface area contributed by atoms with Crippen LogP contribution in [0, 0.1) is 11.8 Å². The number of nitrogens with one attached hydrogen (secondary N) is 1. The summed E-state index contributed by atoms with van der Waals surface area (Å²) in [6, 6.07) is 0. The average Bonchev–Trinajstić information content (AvgIpc) is 2.35. The molecule has 0 aromatic rings. The summed E-state index contributed by atoms with van der Waals surface area (Å²) >= 11 is 0. The summed E-state index contributed by atoms with van der Waals surface area (Å²) in [6.07, 6.45) is 7.09. The van der Waals surface area contributed by atoms with Crippen LogP contribution in [0.25, 0.3) is 0 Å². The van der Waals surface area contributed by atoms with Gasteiger partial charge in [-0.25, -0.2) is 0 Å². The molecule has 3 nitrogen and oxygen atoms in total. The fourth-order valence-corrected chi connectivity index (χ4v) is 3.14. The van der Waals surface area contributed by atoms with Crippen molar-refractivity contribution in [3.8, 4) is 0 Å². The van der Waals surface area contributed by atoms with Crippen LogP contribution in [-0.4, -0.2) is 25.2 Å². The van der Waals surface area contributed by atoms with Gasteiger partial charge < -0.3 is 4.74 Å². The molecular weight excluding hydrogens is 226 g/mol. The van der Waals surface area contributed by atoms with Crippen LogP contribution < -0.4 is 5.32 Å². The van der Waals surface area contributed by atoms with Crippen molar-refractivity contribution in [3.05, 3.63) is 12.7 Å². The molecule has 0 amide bonds. The summed E-state index contributed by atoms with van der Waals surface area (Å²) in [5, 5.41) is 3.35. The van der Waals surface area contributed by atoms with Crippen LogP contribution in [0.1, 0.15) is 46.0 Å². The van der Waals surface area contributed by atoms with Gasteiger partial charge in [0.2, 0.25) is 0 Å². The third kappa shape index (κ3) is 3.84. The van der Waals surface area contributed by atoms with Crippen LogP contribution >= 0.6 is 0 Å². The van der Waals surface area contributed by atoms with Crippen LogP contribution in [-0.2, 0) is 9.53 Å². The molecule has 1 saturated carbocycles. The predicted molar refractivity (Wildman–Crippen MR) is 74.4 cm³/mol. The van der Waals surface area contributed by atoms with Crippen molar-refractivity contribution in [2.75, 3.05) is 13.7 Å². The molecule has 0 aliphatic heterocycles. The van der Waals surface area contributed by atoms with Crippen LogP contribution in [0.2, 0.25) is 0 Å². The second-order valence-electron chi connectivity index (χ2n) is 5.84. The van der Waals surface area contributed by atoms with Crippen molar-refractivity contribution in [2.24, 2.45) is 11.8 Å². The Kier molecular flexibility index (Phi) is 5.86. The zero-order valence-electron chi connectivity index (χ0n) is 12.0. The largest absolute Gasteiger partial charge is 0.468 e. The van der Waals surface area contributed by atoms with Gasteiger partial charge in [-0.2, -0.15) is 0 Å². The van der Waals surface area contributed by atoms with Gasteiger partial charge in [-0.15, -0.1) is 6.58 Å². The number of ether oxygens (including phenoxy) is 1. The molecule has 1 N–H and O–H groups in total. The summed E-state index contributed by atoms with van der Waals surface area (Å²) in [4.78, 5) is 12.1. The number of rotatable bonds is 6. The number of hydrogen-bond donors (Lipinski definition) is 1. The molecule has 0 spiro atoms. The van der Waals surface area contributed by atoms with Gasteiger partial charge >= 0.3 is 5.97 Å². The molecule has 2 atom stereocenters. The number of carbonyl (C=O) groups is 1. The highest BCUT2D eigenvalue weighted by molar-refractivity contribution is 5.81. The molecule has 3 heteroatoms. The monoisotopic (exact) mass is 253 g/mol. The van der Waals surface area contributed by atoms with E-state index in [1.165, 1.54) is 20.0 Å². The molecule has 0 aromatic carbocycles. The van der Waals surface area contributed by atoms with Gasteiger partial charge in [0.05, 0.1) is 7.11 Å². The van der Waals surface area contributed by atoms with Crippen molar-refractivity contribution in [2.45, 2.75) is 51.5 Å². The lowest BCUT2D eigenvalue weighted by Gasteiger charge is -2.39. The molecule has 1 aliphatic carbocycles. The lowest BCUT2D eigenvalue weighted by atomic mass is 9.73. The highest BCUT2D eigenvalue weighted by atomic mass is 16.5. The van der Waals surface area contributed by atoms with E-state index in [0.29, 0.717) is 18.4 Å². The van der Waals surface area contributed by atoms with E-state index in [-0.39, 0.29) is 5.97 Å². The van der Waals surface area contributed by atoms with Crippen LogP contribution in [0.5, 0.6) is 0 Å². The Morgan fingerprint density at radius 2 is 2.33 bits per heavy atom. The molecular formula is C15H27NO2. The predicted octanol–water partition coefficient (Wildman–Crippen LogP) is 2.91. The smallest absolute Gasteiger partial charge is 0.326 e. The molecule has 18 heavy (non-hydrogen) atoms. The first-order chi connectivity index (χ1) is 8.54. The fourth-order valence-electron chi connectivity index (χ4n) is 3.14. The van der Waals surface area contributed by atoms with E-state index in [1.807, 2.05) is 0 Å². The second-order valence-corrected chi connectivity index (χ2v) is 5.84. The number of esters is 1. The van der Waals surface area contributed by atoms with Crippen LogP contribution in [0.4, 0.5) is 0 Å². The first kappa shape index (κ1) is 15.2. The topological polar surface area (TPSA) is 38.3 Å². The summed E-state index contributed by atoms with van der Waals surface area (Å²) < 4.78 is 5.01. The first-order valence-corrected chi connectivity index (χ1v) is 6.98. The van der Waals surface area contributed by atoms with Gasteiger partial charge in [0, 0.05) is 6.54 Å². The van der Waals surface area contributed by atoms with Gasteiger partial charge in [-0.3, -0.25) is 10.1 Å². The average molecular weight is 253 g/mol. The van der Waals surface area contributed by atoms with Gasteiger partial charge in [-0.1, -0.05) is 32.8 Å². The number of hydrogen-bond acceptors (Lipinski definition) is 3. The van der Waals surface area contributed by atoms with E-state index >= 15 is 0 Å². The number of methoxy groups -OCH3 is 1. The maximum atomic E-state index is 12.1. The van der Waals surface area contributed by atoms with Crippen LogP contribution in [0.15, 0.2) is 12.7 Å². The third-order valence-electron chi connectivity index (χ3n) is 3.82. The number of carbonyl (C=O) groups excluding carboxylic acids is 1. The quantitative estimate of drug-likeness (QED) is 0.584. The SMILES string of the molecule is C=CCNC1(C(=O)OC)CCCC(CC(C)C)C1. The Balaban J connectivity index is 2.75. The highest BCUT2D eigenvalue weighted by Crippen LogP contribution is 2.36. The Labute approximate surface area is 111 Å². The summed E-state index contributed by atoms with van der Waals surface area (Å²) in [5.41, 5.74) is -0.485. The molecule has 0 radical (unpaired) electrons. The van der Waals surface area contributed by atoms with Crippen molar-refractivity contribution in [1.82, 2.24) is 5.32 Å². The molecule has 2 unspecified atom stereocenters. The lowest BCUT2D eigenvalue weighted by Crippen LogP contribution is -2.55. The van der Waals surface area contributed by atoms with Gasteiger partial charge in [0.1, 0.15) is 5.54 Å². The van der Waals surface area contributed by atoms with Gasteiger partial charge in [0.25, 0.3) is 0 Å². The van der Waals surface area contributed by atoms with Gasteiger partial charge in [0.15, 0.2) is 0 Å². The van der Waals surface area contributed by atoms with E-state index in [9.17, 15) is 4.79 Å². The van der Waals surface area contributed by atoms with E-state index in [0.717, 1.165) is 19.3 Å². The Bertz CT molecular complexity index is 288. The van der Waals surface area contributed by atoms with Crippen molar-refractivity contribution < 1.29 is 9.53 Å². The minimum atomic E-state index is -0.485. The Morgan fingerprint density at radius 1 is 1.61 bits per heavy atom. The molecule has 0 aromatic heterocycles. The van der Waals surface area contributed by atoms with Crippen molar-refractivity contribution in [1.29, 1.82) is 0 Å². The van der Waals surface area contributed by atoms with E-state index < -0.39 is 5.54 Å². The maximum Gasteiger partial charge on any atom is 0.326 e. The first-order valence-electron chi connectivity index (χ1n) is 6.98. The van der Waals surface area contributed by atoms with E-state index in [2.05, 4.69) is 25.7 Å². The normalized spacial score (nSPS) is 28.1. The molecule has 0 saturated heterocycles. The lowest BCUT2D eigenvalue weighted by molar-refractivity contribution is -0.151. The molecule has 1 fully saturated rings. The summed E-state index contributed by atoms with van der Waals surface area (Å²) in [5.74, 6) is 1.19. The van der Waals surface area contributed by atoms with Crippen molar-refractivity contribution >= 4 is 5.97 Å². The van der Waals surface area contributed by atoms with E-state index in [1.54, 1.807) is 6.08 Å². The zero-order valence-corrected chi connectivity index (χ0v) is 12.0. The van der Waals surface area contributed by atoms with Crippen LogP contribution in [0.3, 0.4) is 0 Å². The standard InChI is InChI=1S/C15H27NO2/c1-5-9-16-15(14(17)18-4)8-6-7-13(11-15)10-12(2)3/h5,12-13,16H,1,6-11H2,2-4H3. The van der Waals surface area contributed by atoms with Crippen molar-refractivity contribution in [3.63, 3.8) is 0 Å². The molecule has 0 heterocycles. The minimum Gasteiger partial charge on any atom is -0.468 e. The fraction of sp³-hybridized carbons (Fsp3) is 0.800. The maximum absolute atomic E-state index is 12.1. The molecule has 1 rings (SSSR count). The summed E-state index contributed by atoms with van der Waals surface area (Å²) in [7, 11) is 1.48. The Hall–Kier alpha value is -0.830. The minimum absolute atomic E-state index is 0.113. The molecule has 0 bridgehead atoms. The van der Waals surface area contributed by atoms with Gasteiger partial charge in [-0.05, 0) is 31.1 Å². The highest BCUT2D eigenvalue weighted by Gasteiger charge is 2.43. The second kappa shape index (κ2) is 6.93. The Morgan fingerprint density at radius 3 is 2.89 bits per heavy atom. The molecule has 104 valence electrons. The van der Waals surface area contributed by atoms with E-state index in [4.69, 9.17) is 4.74 Å².